The molecule has 2 aromatic rings. The summed E-state index contributed by atoms with van der Waals surface area (Å²) in [5.41, 5.74) is 3.59. The van der Waals surface area contributed by atoms with Gasteiger partial charge in [-0.1, -0.05) is 12.1 Å². The van der Waals surface area contributed by atoms with Gasteiger partial charge in [-0.25, -0.2) is 12.8 Å². The van der Waals surface area contributed by atoms with Crippen LogP contribution in [0.5, 0.6) is 0 Å². The van der Waals surface area contributed by atoms with Crippen molar-refractivity contribution in [1.82, 2.24) is 4.98 Å². The van der Waals surface area contributed by atoms with Gasteiger partial charge in [0.2, 0.25) is 0 Å². The molecule has 1 N–H and O–H groups in total. The number of nitrogens with zero attached hydrogens (tertiary/aromatic N) is 1. The molecule has 0 bridgehead atoms. The number of rotatable bonds is 4. The van der Waals surface area contributed by atoms with Gasteiger partial charge in [0.25, 0.3) is 0 Å². The highest BCUT2D eigenvalue weighted by Gasteiger charge is 2.26. The fourth-order valence-electron chi connectivity index (χ4n) is 3.03. The van der Waals surface area contributed by atoms with E-state index in [9.17, 15) is 17.9 Å². The highest BCUT2D eigenvalue weighted by atomic mass is 32.2. The first-order valence-corrected chi connectivity index (χ1v) is 9.53. The second-order valence-electron chi connectivity index (χ2n) is 6.07. The van der Waals surface area contributed by atoms with E-state index in [1.165, 1.54) is 18.5 Å². The van der Waals surface area contributed by atoms with Crippen molar-refractivity contribution in [1.29, 1.82) is 0 Å². The molecule has 1 heterocycles. The Morgan fingerprint density at radius 2 is 1.79 bits per heavy atom. The normalized spacial score (nSPS) is 18.2. The number of hydrogen-bond acceptors (Lipinski definition) is 4. The van der Waals surface area contributed by atoms with Crippen LogP contribution in [0.4, 0.5) is 4.39 Å². The molecule has 1 atom stereocenters. The Labute approximate surface area is 140 Å². The summed E-state index contributed by atoms with van der Waals surface area (Å²) >= 11 is 0. The van der Waals surface area contributed by atoms with E-state index in [1.807, 2.05) is 0 Å². The molecular weight excluding hydrogens is 329 g/mol. The first kappa shape index (κ1) is 16.8. The number of aromatic nitrogens is 1. The van der Waals surface area contributed by atoms with Crippen molar-refractivity contribution in [3.8, 4) is 0 Å². The Kier molecular flexibility index (Phi) is 4.51. The van der Waals surface area contributed by atoms with Gasteiger partial charge in [-0.05, 0) is 59.7 Å². The lowest BCUT2D eigenvalue weighted by Gasteiger charge is -2.08. The van der Waals surface area contributed by atoms with Crippen LogP contribution in [0, 0.1) is 11.7 Å². The van der Waals surface area contributed by atoms with Gasteiger partial charge in [-0.2, -0.15) is 0 Å². The highest BCUT2D eigenvalue weighted by Crippen LogP contribution is 2.42. The molecule has 6 heteroatoms. The highest BCUT2D eigenvalue weighted by molar-refractivity contribution is 7.90. The lowest BCUT2D eigenvalue weighted by Crippen LogP contribution is -2.01. The van der Waals surface area contributed by atoms with Crippen molar-refractivity contribution in [3.05, 3.63) is 59.7 Å². The summed E-state index contributed by atoms with van der Waals surface area (Å²) < 4.78 is 36.3. The second-order valence-corrected chi connectivity index (χ2v) is 8.09. The molecule has 1 aromatic carbocycles. The minimum atomic E-state index is -3.24. The molecule has 0 saturated heterocycles. The molecule has 1 aliphatic rings. The molecule has 0 saturated carbocycles. The predicted molar refractivity (Wildman–Crippen MR) is 90.4 cm³/mol. The van der Waals surface area contributed by atoms with Gasteiger partial charge in [-0.3, -0.25) is 4.98 Å². The third-order valence-corrected chi connectivity index (χ3v) is 5.40. The maximum absolute atomic E-state index is 13.1. The van der Waals surface area contributed by atoms with Crippen LogP contribution in [0.15, 0.2) is 47.5 Å². The summed E-state index contributed by atoms with van der Waals surface area (Å²) in [6.07, 6.45) is 3.70. The molecule has 0 radical (unpaired) electrons. The van der Waals surface area contributed by atoms with E-state index in [0.29, 0.717) is 18.5 Å². The Morgan fingerprint density at radius 1 is 1.12 bits per heavy atom. The lowest BCUT2D eigenvalue weighted by molar-refractivity contribution is 0.235. The minimum absolute atomic E-state index is 0.0651. The third-order valence-electron chi connectivity index (χ3n) is 4.28. The Morgan fingerprint density at radius 3 is 2.33 bits per heavy atom. The number of benzene rings is 1. The third kappa shape index (κ3) is 3.39. The number of hydrogen-bond donors (Lipinski definition) is 1. The molecule has 126 valence electrons. The van der Waals surface area contributed by atoms with Gasteiger partial charge < -0.3 is 5.11 Å². The van der Waals surface area contributed by atoms with Crippen LogP contribution in [0.3, 0.4) is 0 Å². The quantitative estimate of drug-likeness (QED) is 0.923. The van der Waals surface area contributed by atoms with Crippen molar-refractivity contribution in [2.24, 2.45) is 5.92 Å². The number of allylic oxidation sites excluding steroid dienone is 2. The Balaban J connectivity index is 2.04. The van der Waals surface area contributed by atoms with E-state index in [4.69, 9.17) is 0 Å². The summed E-state index contributed by atoms with van der Waals surface area (Å²) in [6, 6.07) is 9.71. The molecular formula is C18H18FNO3S. The second kappa shape index (κ2) is 6.45. The van der Waals surface area contributed by atoms with Crippen LogP contribution in [-0.4, -0.2) is 31.4 Å². The molecule has 1 aromatic heterocycles. The Hall–Kier alpha value is -2.05. The average Bonchev–Trinajstić information content (AvgIpc) is 2.99. The topological polar surface area (TPSA) is 67.3 Å². The largest absolute Gasteiger partial charge is 0.396 e. The van der Waals surface area contributed by atoms with E-state index in [2.05, 4.69) is 4.98 Å². The van der Waals surface area contributed by atoms with Crippen LogP contribution in [0.1, 0.15) is 24.1 Å². The monoisotopic (exact) mass is 347 g/mol. The average molecular weight is 347 g/mol. The first-order valence-electron chi connectivity index (χ1n) is 7.64. The van der Waals surface area contributed by atoms with Gasteiger partial charge in [-0.15, -0.1) is 0 Å². The fourth-order valence-corrected chi connectivity index (χ4v) is 3.66. The zero-order valence-electron chi connectivity index (χ0n) is 13.2. The smallest absolute Gasteiger partial charge is 0.175 e. The first-order chi connectivity index (χ1) is 11.4. The van der Waals surface area contributed by atoms with Crippen molar-refractivity contribution >= 4 is 21.0 Å². The number of pyridine rings is 1. The van der Waals surface area contributed by atoms with Crippen molar-refractivity contribution in [2.75, 3.05) is 12.9 Å². The van der Waals surface area contributed by atoms with Gasteiger partial charge in [0.15, 0.2) is 9.84 Å². The number of aliphatic hydroxyl groups is 1. The molecule has 0 fully saturated rings. The number of sulfone groups is 1. The number of halogens is 1. The molecule has 0 spiro atoms. The predicted octanol–water partition coefficient (Wildman–Crippen LogP) is 2.94. The van der Waals surface area contributed by atoms with E-state index in [-0.39, 0.29) is 17.4 Å². The summed E-state index contributed by atoms with van der Waals surface area (Å²) in [4.78, 5) is 4.42. The maximum atomic E-state index is 13.1. The van der Waals surface area contributed by atoms with E-state index in [0.717, 1.165) is 16.7 Å². The molecule has 0 aliphatic heterocycles. The molecule has 4 nitrogen and oxygen atoms in total. The van der Waals surface area contributed by atoms with Crippen molar-refractivity contribution in [3.63, 3.8) is 0 Å². The van der Waals surface area contributed by atoms with Crippen LogP contribution < -0.4 is 0 Å². The van der Waals surface area contributed by atoms with Crippen LogP contribution in [-0.2, 0) is 9.84 Å². The van der Waals surface area contributed by atoms with Gasteiger partial charge in [0.05, 0.1) is 16.8 Å². The zero-order chi connectivity index (χ0) is 17.3. The van der Waals surface area contributed by atoms with Gasteiger partial charge >= 0.3 is 0 Å². The summed E-state index contributed by atoms with van der Waals surface area (Å²) in [5, 5.41) is 9.50. The Bertz CT molecular complexity index is 871. The lowest BCUT2D eigenvalue weighted by atomic mass is 10.00. The van der Waals surface area contributed by atoms with Crippen LogP contribution >= 0.6 is 0 Å². The number of aliphatic hydroxyl groups excluding tert-OH is 1. The summed E-state index contributed by atoms with van der Waals surface area (Å²) in [6.45, 7) is 0.0651. The van der Waals surface area contributed by atoms with E-state index >= 15 is 0 Å². The molecule has 1 unspecified atom stereocenters. The van der Waals surface area contributed by atoms with E-state index in [1.54, 1.807) is 30.3 Å². The van der Waals surface area contributed by atoms with Gasteiger partial charge in [0, 0.05) is 12.9 Å². The molecule has 3 rings (SSSR count). The maximum Gasteiger partial charge on any atom is 0.175 e. The van der Waals surface area contributed by atoms with Crippen LogP contribution in [0.25, 0.3) is 11.1 Å². The summed E-state index contributed by atoms with van der Waals surface area (Å²) in [7, 11) is -3.24. The zero-order valence-corrected chi connectivity index (χ0v) is 14.1. The standard InChI is InChI=1S/C18H18FNO3S/c1-24(22,23)15-5-2-13(3-6-15)16-8-12(11-21)9-17(16)18-7-4-14(19)10-20-18/h2-7,10,12,21H,8-9,11H2,1H3. The molecule has 0 amide bonds. The minimum Gasteiger partial charge on any atom is -0.396 e. The van der Waals surface area contributed by atoms with E-state index < -0.39 is 15.7 Å². The summed E-state index contributed by atoms with van der Waals surface area (Å²) in [5.74, 6) is -0.299. The molecule has 1 aliphatic carbocycles. The molecule has 24 heavy (non-hydrogen) atoms. The van der Waals surface area contributed by atoms with Crippen molar-refractivity contribution < 1.29 is 17.9 Å². The van der Waals surface area contributed by atoms with Crippen LogP contribution in [0.2, 0.25) is 0 Å². The fraction of sp³-hybridized carbons (Fsp3) is 0.278. The SMILES string of the molecule is CS(=O)(=O)c1ccc(C2=C(c3ccc(F)cn3)CC(CO)C2)cc1. The van der Waals surface area contributed by atoms with Gasteiger partial charge in [0.1, 0.15) is 5.82 Å². The van der Waals surface area contributed by atoms with Crippen molar-refractivity contribution in [2.45, 2.75) is 17.7 Å².